The monoisotopic (exact) mass is 364 g/mol. The van der Waals surface area contributed by atoms with Crippen LogP contribution in [0.25, 0.3) is 11.0 Å². The van der Waals surface area contributed by atoms with Gasteiger partial charge in [-0.05, 0) is 50.3 Å². The number of H-pyrrole nitrogens is 1. The van der Waals surface area contributed by atoms with E-state index in [-0.39, 0.29) is 5.91 Å². The topological polar surface area (TPSA) is 86.8 Å². The number of aryl methyl sites for hydroxylation is 2. The van der Waals surface area contributed by atoms with Crippen molar-refractivity contribution in [3.63, 3.8) is 0 Å². The Morgan fingerprint density at radius 3 is 2.67 bits per heavy atom. The summed E-state index contributed by atoms with van der Waals surface area (Å²) in [6.07, 6.45) is 5.45. The van der Waals surface area contributed by atoms with Crippen molar-refractivity contribution in [2.45, 2.75) is 33.6 Å². The van der Waals surface area contributed by atoms with Crippen molar-refractivity contribution in [1.82, 2.24) is 19.9 Å². The number of fused-ring (bicyclic) bond motifs is 1. The van der Waals surface area contributed by atoms with E-state index in [0.717, 1.165) is 47.1 Å². The average molecular weight is 364 g/mol. The van der Waals surface area contributed by atoms with Crippen molar-refractivity contribution in [3.8, 4) is 0 Å². The summed E-state index contributed by atoms with van der Waals surface area (Å²) >= 11 is 0. The first-order chi connectivity index (χ1) is 13.0. The number of nitrogens with one attached hydrogen (secondary N) is 2. The maximum absolute atomic E-state index is 12.7. The Morgan fingerprint density at radius 1 is 1.19 bits per heavy atom. The largest absolute Gasteiger partial charge is 0.357 e. The summed E-state index contributed by atoms with van der Waals surface area (Å²) in [7, 11) is 0. The van der Waals surface area contributed by atoms with Crippen molar-refractivity contribution >= 4 is 28.6 Å². The molecule has 2 N–H and O–H groups in total. The van der Waals surface area contributed by atoms with Gasteiger partial charge in [0.25, 0.3) is 5.91 Å². The maximum atomic E-state index is 12.7. The summed E-state index contributed by atoms with van der Waals surface area (Å²) in [6, 6.07) is 3.75. The van der Waals surface area contributed by atoms with Crippen molar-refractivity contribution in [2.24, 2.45) is 5.92 Å². The molecule has 0 spiro atoms. The molecule has 0 aromatic carbocycles. The highest BCUT2D eigenvalue weighted by atomic mass is 16.1. The Labute approximate surface area is 158 Å². The van der Waals surface area contributed by atoms with Crippen LogP contribution >= 0.6 is 0 Å². The number of piperidine rings is 1. The fourth-order valence-electron chi connectivity index (χ4n) is 3.51. The van der Waals surface area contributed by atoms with Crippen LogP contribution in [0.15, 0.2) is 24.7 Å². The van der Waals surface area contributed by atoms with Gasteiger partial charge in [-0.15, -0.1) is 0 Å². The van der Waals surface area contributed by atoms with Gasteiger partial charge in [-0.1, -0.05) is 6.92 Å². The van der Waals surface area contributed by atoms with Crippen molar-refractivity contribution < 1.29 is 4.79 Å². The number of hydrogen-bond acceptors (Lipinski definition) is 5. The molecule has 1 amide bonds. The lowest BCUT2D eigenvalue weighted by molar-refractivity contribution is 0.102. The van der Waals surface area contributed by atoms with Crippen LogP contribution in [0.2, 0.25) is 0 Å². The number of nitrogens with zero attached hydrogens (tertiary/aromatic N) is 4. The second-order valence-corrected chi connectivity index (χ2v) is 7.35. The normalized spacial score (nSPS) is 15.3. The number of carbonyl (C=O) groups excluding carboxylic acids is 1. The average Bonchev–Trinajstić information content (AvgIpc) is 2.97. The van der Waals surface area contributed by atoms with Crippen LogP contribution in [-0.4, -0.2) is 38.9 Å². The maximum Gasteiger partial charge on any atom is 0.258 e. The third-order valence-corrected chi connectivity index (χ3v) is 5.44. The minimum atomic E-state index is -0.223. The third-order valence-electron chi connectivity index (χ3n) is 5.44. The number of rotatable bonds is 3. The zero-order chi connectivity index (χ0) is 19.0. The van der Waals surface area contributed by atoms with Crippen LogP contribution in [0.5, 0.6) is 0 Å². The van der Waals surface area contributed by atoms with Crippen LogP contribution in [-0.2, 0) is 0 Å². The fourth-order valence-corrected chi connectivity index (χ4v) is 3.51. The highest BCUT2D eigenvalue weighted by Gasteiger charge is 2.18. The Balaban J connectivity index is 1.52. The molecule has 4 heterocycles. The minimum Gasteiger partial charge on any atom is -0.357 e. The Bertz CT molecular complexity index is 970. The second-order valence-electron chi connectivity index (χ2n) is 7.35. The summed E-state index contributed by atoms with van der Waals surface area (Å²) in [6.45, 7) is 8.29. The lowest BCUT2D eigenvalue weighted by Crippen LogP contribution is -2.33. The van der Waals surface area contributed by atoms with E-state index < -0.39 is 0 Å². The molecule has 3 aromatic heterocycles. The predicted molar refractivity (Wildman–Crippen MR) is 106 cm³/mol. The number of hydrogen-bond donors (Lipinski definition) is 2. The quantitative estimate of drug-likeness (QED) is 0.743. The van der Waals surface area contributed by atoms with Crippen molar-refractivity contribution in [1.29, 1.82) is 0 Å². The van der Waals surface area contributed by atoms with Gasteiger partial charge in [-0.25, -0.2) is 15.0 Å². The van der Waals surface area contributed by atoms with E-state index in [1.807, 2.05) is 26.0 Å². The van der Waals surface area contributed by atoms with Gasteiger partial charge in [0.05, 0.1) is 10.9 Å². The molecule has 1 aliphatic heterocycles. The van der Waals surface area contributed by atoms with Gasteiger partial charge in [-0.2, -0.15) is 0 Å². The molecular formula is C20H24N6O. The first kappa shape index (κ1) is 17.5. The molecule has 4 rings (SSSR count). The first-order valence-corrected chi connectivity index (χ1v) is 9.35. The molecule has 0 aliphatic carbocycles. The highest BCUT2D eigenvalue weighted by Crippen LogP contribution is 2.26. The van der Waals surface area contributed by atoms with Gasteiger partial charge in [0, 0.05) is 25.0 Å². The van der Waals surface area contributed by atoms with Gasteiger partial charge in [0.2, 0.25) is 0 Å². The predicted octanol–water partition coefficient (Wildman–Crippen LogP) is 3.46. The first-order valence-electron chi connectivity index (χ1n) is 9.35. The molecule has 0 unspecified atom stereocenters. The number of aromatic amines is 1. The summed E-state index contributed by atoms with van der Waals surface area (Å²) in [5.41, 5.74) is 3.29. The van der Waals surface area contributed by atoms with Crippen molar-refractivity contribution in [3.05, 3.63) is 41.5 Å². The molecule has 27 heavy (non-hydrogen) atoms. The van der Waals surface area contributed by atoms with Gasteiger partial charge >= 0.3 is 0 Å². The summed E-state index contributed by atoms with van der Waals surface area (Å²) in [4.78, 5) is 31.1. The second kappa shape index (κ2) is 6.98. The number of aromatic nitrogens is 4. The Morgan fingerprint density at radius 2 is 1.96 bits per heavy atom. The van der Waals surface area contributed by atoms with Crippen LogP contribution in [0.3, 0.4) is 0 Å². The molecule has 0 radical (unpaired) electrons. The smallest absolute Gasteiger partial charge is 0.258 e. The minimum absolute atomic E-state index is 0.223. The summed E-state index contributed by atoms with van der Waals surface area (Å²) < 4.78 is 0. The van der Waals surface area contributed by atoms with E-state index >= 15 is 0 Å². The molecule has 1 aliphatic rings. The highest BCUT2D eigenvalue weighted by molar-refractivity contribution is 6.08. The zero-order valence-electron chi connectivity index (χ0n) is 15.9. The number of amides is 1. The molecule has 3 aromatic rings. The van der Waals surface area contributed by atoms with Crippen molar-refractivity contribution in [2.75, 3.05) is 23.3 Å². The molecule has 140 valence electrons. The molecule has 1 saturated heterocycles. The zero-order valence-corrected chi connectivity index (χ0v) is 15.9. The number of carbonyl (C=O) groups is 1. The lowest BCUT2D eigenvalue weighted by atomic mass is 9.99. The molecule has 0 saturated carbocycles. The van der Waals surface area contributed by atoms with Gasteiger partial charge in [0.1, 0.15) is 23.6 Å². The molecule has 7 nitrogen and oxygen atoms in total. The summed E-state index contributed by atoms with van der Waals surface area (Å²) in [5.74, 6) is 2.00. The van der Waals surface area contributed by atoms with Gasteiger partial charge in [0.15, 0.2) is 0 Å². The van der Waals surface area contributed by atoms with Crippen LogP contribution in [0.4, 0.5) is 11.6 Å². The van der Waals surface area contributed by atoms with E-state index in [1.165, 1.54) is 19.2 Å². The molecule has 0 atom stereocenters. The van der Waals surface area contributed by atoms with E-state index in [0.29, 0.717) is 11.4 Å². The van der Waals surface area contributed by atoms with Crippen LogP contribution in [0.1, 0.15) is 41.4 Å². The molecule has 0 bridgehead atoms. The number of anilines is 2. The van der Waals surface area contributed by atoms with Crippen LogP contribution < -0.4 is 10.2 Å². The Hall–Kier alpha value is -2.96. The number of pyridine rings is 1. The fraction of sp³-hybridized carbons (Fsp3) is 0.400. The van der Waals surface area contributed by atoms with E-state index in [4.69, 9.17) is 0 Å². The Kier molecular flexibility index (Phi) is 4.51. The van der Waals surface area contributed by atoms with E-state index in [2.05, 4.69) is 37.1 Å². The summed E-state index contributed by atoms with van der Waals surface area (Å²) in [5, 5.41) is 3.74. The third kappa shape index (κ3) is 3.37. The lowest BCUT2D eigenvalue weighted by Gasteiger charge is -2.31. The molecule has 1 fully saturated rings. The molecule has 7 heteroatoms. The SMILES string of the molecule is Cc1[nH]c2ncnc(NC(=O)c3ccc(N4CCC(C)CC4)nc3)c2c1C. The van der Waals surface area contributed by atoms with Gasteiger partial charge < -0.3 is 15.2 Å². The van der Waals surface area contributed by atoms with Gasteiger partial charge in [-0.3, -0.25) is 4.79 Å². The van der Waals surface area contributed by atoms with Crippen LogP contribution in [0, 0.1) is 19.8 Å². The van der Waals surface area contributed by atoms with E-state index in [1.54, 1.807) is 6.20 Å². The van der Waals surface area contributed by atoms with E-state index in [9.17, 15) is 4.79 Å². The standard InChI is InChI=1S/C20H24N6O/c1-12-6-8-26(9-7-12)16-5-4-15(10-21-16)20(27)25-19-17-13(2)14(3)24-18(17)22-11-23-19/h4-5,10-12H,6-9H2,1-3H3,(H2,22,23,24,25,27). The molecular weight excluding hydrogens is 340 g/mol.